The van der Waals surface area contributed by atoms with Crippen molar-refractivity contribution in [3.05, 3.63) is 81.6 Å². The number of carbonyl (C=O) groups is 2. The second kappa shape index (κ2) is 6.54. The van der Waals surface area contributed by atoms with Gasteiger partial charge < -0.3 is 5.73 Å². The van der Waals surface area contributed by atoms with Gasteiger partial charge in [-0.1, -0.05) is 18.2 Å². The highest BCUT2D eigenvalue weighted by molar-refractivity contribution is 7.92. The Kier molecular flexibility index (Phi) is 4.02. The SMILES string of the molecule is Nc1c2c(cc(=O)n1-c1ccc(S(=O)(=O)N3CCc4ccccc43)cc1)C(=O)NC2=O. The Bertz CT molecular complexity index is 1440. The molecule has 3 N–H and O–H groups in total. The first-order chi connectivity index (χ1) is 14.8. The van der Waals surface area contributed by atoms with E-state index in [2.05, 4.69) is 5.32 Å². The lowest BCUT2D eigenvalue weighted by Gasteiger charge is -2.20. The van der Waals surface area contributed by atoms with E-state index in [-0.39, 0.29) is 27.5 Å². The summed E-state index contributed by atoms with van der Waals surface area (Å²) in [6, 6.07) is 14.0. The molecule has 0 bridgehead atoms. The minimum atomic E-state index is -3.79. The fraction of sp³-hybridized carbons (Fsp3) is 0.0952. The number of nitrogen functional groups attached to an aromatic ring is 1. The molecular weight excluding hydrogens is 420 g/mol. The molecule has 9 nitrogen and oxygen atoms in total. The van der Waals surface area contributed by atoms with Crippen LogP contribution in [0.1, 0.15) is 26.3 Å². The highest BCUT2D eigenvalue weighted by Gasteiger charge is 2.33. The monoisotopic (exact) mass is 436 g/mol. The van der Waals surface area contributed by atoms with Crippen molar-refractivity contribution in [3.8, 4) is 5.69 Å². The fourth-order valence-corrected chi connectivity index (χ4v) is 5.50. The maximum atomic E-state index is 13.2. The van der Waals surface area contributed by atoms with Crippen molar-refractivity contribution in [1.29, 1.82) is 0 Å². The molecular formula is C21H16N4O5S. The molecule has 10 heteroatoms. The van der Waals surface area contributed by atoms with E-state index < -0.39 is 27.4 Å². The Morgan fingerprint density at radius 3 is 2.39 bits per heavy atom. The van der Waals surface area contributed by atoms with Crippen LogP contribution < -0.4 is 20.9 Å². The number of nitrogens with zero attached hydrogens (tertiary/aromatic N) is 2. The summed E-state index contributed by atoms with van der Waals surface area (Å²) in [7, 11) is -3.79. The first kappa shape index (κ1) is 19.1. The van der Waals surface area contributed by atoms with Crippen molar-refractivity contribution in [2.24, 2.45) is 0 Å². The van der Waals surface area contributed by atoms with Crippen LogP contribution in [0.2, 0.25) is 0 Å². The fourth-order valence-electron chi connectivity index (χ4n) is 4.00. The number of sulfonamides is 1. The molecule has 2 amide bonds. The zero-order valence-corrected chi connectivity index (χ0v) is 16.8. The number of carbonyl (C=O) groups excluding carboxylic acids is 2. The highest BCUT2D eigenvalue weighted by atomic mass is 32.2. The molecule has 2 aliphatic rings. The van der Waals surface area contributed by atoms with Gasteiger partial charge in [0.05, 0.1) is 27.4 Å². The summed E-state index contributed by atoms with van der Waals surface area (Å²) in [6.45, 7) is 0.351. The van der Waals surface area contributed by atoms with E-state index in [1.54, 1.807) is 12.1 Å². The van der Waals surface area contributed by atoms with Gasteiger partial charge in [0.1, 0.15) is 5.82 Å². The van der Waals surface area contributed by atoms with Crippen LogP contribution in [0.4, 0.5) is 11.5 Å². The van der Waals surface area contributed by atoms with Gasteiger partial charge >= 0.3 is 0 Å². The number of rotatable bonds is 3. The number of hydrogen-bond acceptors (Lipinski definition) is 6. The van der Waals surface area contributed by atoms with E-state index in [1.165, 1.54) is 28.6 Å². The highest BCUT2D eigenvalue weighted by Crippen LogP contribution is 2.33. The molecule has 1 aromatic heterocycles. The first-order valence-corrected chi connectivity index (χ1v) is 10.9. The van der Waals surface area contributed by atoms with Crippen LogP contribution in [0.3, 0.4) is 0 Å². The lowest BCUT2D eigenvalue weighted by molar-refractivity contribution is 0.0880. The maximum Gasteiger partial charge on any atom is 0.264 e. The predicted octanol–water partition coefficient (Wildman–Crippen LogP) is 1.05. The molecule has 2 aromatic carbocycles. The van der Waals surface area contributed by atoms with Crippen LogP contribution in [0.5, 0.6) is 0 Å². The molecule has 0 unspecified atom stereocenters. The minimum Gasteiger partial charge on any atom is -0.384 e. The molecule has 0 saturated carbocycles. The van der Waals surface area contributed by atoms with Gasteiger partial charge in [0.2, 0.25) is 0 Å². The molecule has 0 spiro atoms. The van der Waals surface area contributed by atoms with Gasteiger partial charge in [-0.2, -0.15) is 0 Å². The van der Waals surface area contributed by atoms with Crippen molar-refractivity contribution in [1.82, 2.24) is 9.88 Å². The van der Waals surface area contributed by atoms with Gasteiger partial charge in [-0.05, 0) is 42.3 Å². The van der Waals surface area contributed by atoms with Crippen LogP contribution >= 0.6 is 0 Å². The quantitative estimate of drug-likeness (QED) is 0.590. The van der Waals surface area contributed by atoms with E-state index >= 15 is 0 Å². The molecule has 0 radical (unpaired) electrons. The van der Waals surface area contributed by atoms with Gasteiger partial charge in [-0.25, -0.2) is 8.42 Å². The number of fused-ring (bicyclic) bond motifs is 2. The second-order valence-corrected chi connectivity index (χ2v) is 9.09. The number of imide groups is 1. The number of aromatic nitrogens is 1. The number of amides is 2. The Morgan fingerprint density at radius 1 is 0.935 bits per heavy atom. The molecule has 5 rings (SSSR count). The van der Waals surface area contributed by atoms with Crippen LogP contribution in [-0.4, -0.2) is 31.3 Å². The summed E-state index contributed by atoms with van der Waals surface area (Å²) < 4.78 is 28.7. The number of anilines is 2. The van der Waals surface area contributed by atoms with E-state index in [1.807, 2.05) is 12.1 Å². The summed E-state index contributed by atoms with van der Waals surface area (Å²) in [6.07, 6.45) is 0.634. The van der Waals surface area contributed by atoms with Gasteiger partial charge in [0, 0.05) is 12.6 Å². The summed E-state index contributed by atoms with van der Waals surface area (Å²) in [5, 5.41) is 2.10. The number of pyridine rings is 1. The van der Waals surface area contributed by atoms with Gasteiger partial charge in [0.25, 0.3) is 27.4 Å². The topological polar surface area (TPSA) is 132 Å². The molecule has 0 saturated heterocycles. The largest absolute Gasteiger partial charge is 0.384 e. The van der Waals surface area contributed by atoms with E-state index in [0.717, 1.165) is 16.2 Å². The Balaban J connectivity index is 1.55. The standard InChI is InChI=1S/C21H16N4O5S/c22-19-18-15(20(27)23-21(18)28)11-17(26)25(19)13-5-7-14(8-6-13)31(29,30)24-10-9-12-3-1-2-4-16(12)24/h1-8,11H,9-10,22H2,(H,23,27,28). The minimum absolute atomic E-state index is 0.0636. The number of nitrogens with two attached hydrogens (primary N) is 1. The molecule has 2 aliphatic heterocycles. The molecule has 0 fully saturated rings. The summed E-state index contributed by atoms with van der Waals surface area (Å²) in [4.78, 5) is 36.4. The molecule has 0 atom stereocenters. The van der Waals surface area contributed by atoms with E-state index in [9.17, 15) is 22.8 Å². The van der Waals surface area contributed by atoms with Crippen LogP contribution in [0.25, 0.3) is 5.69 Å². The summed E-state index contributed by atoms with van der Waals surface area (Å²) in [5.41, 5.74) is 7.16. The number of hydrogen-bond donors (Lipinski definition) is 2. The lowest BCUT2D eigenvalue weighted by atomic mass is 10.1. The van der Waals surface area contributed by atoms with Crippen molar-refractivity contribution >= 4 is 33.3 Å². The molecule has 0 aliphatic carbocycles. The summed E-state index contributed by atoms with van der Waals surface area (Å²) in [5.74, 6) is -1.55. The zero-order chi connectivity index (χ0) is 21.9. The van der Waals surface area contributed by atoms with Crippen LogP contribution in [-0.2, 0) is 16.4 Å². The molecule has 31 heavy (non-hydrogen) atoms. The van der Waals surface area contributed by atoms with Crippen molar-refractivity contribution in [2.75, 3.05) is 16.6 Å². The van der Waals surface area contributed by atoms with Crippen LogP contribution in [0, 0.1) is 0 Å². The molecule has 156 valence electrons. The molecule has 3 aromatic rings. The average molecular weight is 436 g/mol. The Labute approximate surface area is 176 Å². The average Bonchev–Trinajstić information content (AvgIpc) is 3.30. The number of benzene rings is 2. The maximum absolute atomic E-state index is 13.2. The van der Waals surface area contributed by atoms with E-state index in [0.29, 0.717) is 18.7 Å². The van der Waals surface area contributed by atoms with Crippen molar-refractivity contribution in [2.45, 2.75) is 11.3 Å². The Hall–Kier alpha value is -3.92. The summed E-state index contributed by atoms with van der Waals surface area (Å²) >= 11 is 0. The number of para-hydroxylation sites is 1. The van der Waals surface area contributed by atoms with E-state index in [4.69, 9.17) is 5.73 Å². The Morgan fingerprint density at radius 2 is 1.65 bits per heavy atom. The predicted molar refractivity (Wildman–Crippen MR) is 113 cm³/mol. The third-order valence-electron chi connectivity index (χ3n) is 5.48. The first-order valence-electron chi connectivity index (χ1n) is 9.41. The van der Waals surface area contributed by atoms with Crippen molar-refractivity contribution < 1.29 is 18.0 Å². The smallest absolute Gasteiger partial charge is 0.264 e. The third-order valence-corrected chi connectivity index (χ3v) is 7.31. The van der Waals surface area contributed by atoms with Gasteiger partial charge in [0.15, 0.2) is 0 Å². The normalized spacial score (nSPS) is 15.0. The lowest BCUT2D eigenvalue weighted by Crippen LogP contribution is -2.29. The zero-order valence-electron chi connectivity index (χ0n) is 16.0. The molecule has 3 heterocycles. The van der Waals surface area contributed by atoms with Gasteiger partial charge in [-0.3, -0.25) is 28.6 Å². The van der Waals surface area contributed by atoms with Gasteiger partial charge in [-0.15, -0.1) is 0 Å². The third kappa shape index (κ3) is 2.76. The number of nitrogens with one attached hydrogen (secondary N) is 1. The van der Waals surface area contributed by atoms with Crippen molar-refractivity contribution in [3.63, 3.8) is 0 Å². The van der Waals surface area contributed by atoms with Crippen LogP contribution in [0.15, 0.2) is 64.3 Å². The second-order valence-electron chi connectivity index (χ2n) is 7.22.